The summed E-state index contributed by atoms with van der Waals surface area (Å²) in [5.41, 5.74) is 20.6. The Morgan fingerprint density at radius 3 is 0.899 bits per heavy atom. The molecule has 12 aromatic rings. The Hall–Kier alpha value is -9.57. The van der Waals surface area contributed by atoms with E-state index in [9.17, 15) is 15.9 Å². The highest BCUT2D eigenvalue weighted by molar-refractivity contribution is 5.81. The lowest BCUT2D eigenvalue weighted by Gasteiger charge is -2.35. The van der Waals surface area contributed by atoms with Crippen molar-refractivity contribution >= 4 is 0 Å². The van der Waals surface area contributed by atoms with Gasteiger partial charge in [-0.15, -0.1) is 0 Å². The predicted molar refractivity (Wildman–Crippen MR) is 646 cm³/mol. The van der Waals surface area contributed by atoms with Gasteiger partial charge in [0.05, 0.1) is 24.6 Å². The third kappa shape index (κ3) is 35.0. The number of hydrogen-bond donors (Lipinski definition) is 0. The monoisotopic (exact) mass is 2030 g/mol. The topological polar surface area (TPSA) is 0 Å². The van der Waals surface area contributed by atoms with Crippen molar-refractivity contribution in [3.05, 3.63) is 380 Å². The summed E-state index contributed by atoms with van der Waals surface area (Å²) in [5, 5.41) is 0. The first-order valence-electron chi connectivity index (χ1n) is 66.3. The van der Waals surface area contributed by atoms with Crippen LogP contribution in [-0.2, 0) is 49.7 Å². The number of rotatable bonds is 12. The van der Waals surface area contributed by atoms with Crippen molar-refractivity contribution in [1.29, 1.82) is 0 Å². The Bertz CT molecular complexity index is 6930. The van der Waals surface area contributed by atoms with Crippen molar-refractivity contribution in [2.45, 2.75) is 471 Å². The molecule has 0 saturated heterocycles. The molecule has 0 aromatic heterocycles. The molecule has 12 aromatic carbocycles. The van der Waals surface area contributed by atoms with Crippen LogP contribution in [0.3, 0.4) is 0 Å². The summed E-state index contributed by atoms with van der Waals surface area (Å²) < 4.78 is 197. The van der Waals surface area contributed by atoms with Crippen LogP contribution in [0, 0.1) is 12.3 Å². The highest BCUT2D eigenvalue weighted by atomic mass is 19.4. The van der Waals surface area contributed by atoms with Gasteiger partial charge in [0.25, 0.3) is 0 Å². The molecule has 18 rings (SSSR count). The van der Waals surface area contributed by atoms with Crippen molar-refractivity contribution in [1.82, 2.24) is 0 Å². The van der Waals surface area contributed by atoms with Crippen molar-refractivity contribution in [2.75, 3.05) is 0 Å². The molecular formula is C146H197F3. The molecular weight excluding hydrogens is 1810 g/mol. The van der Waals surface area contributed by atoms with Crippen LogP contribution in [0.5, 0.6) is 0 Å². The molecule has 0 unspecified atom stereocenters. The van der Waals surface area contributed by atoms with Crippen LogP contribution in [-0.4, -0.2) is 6.18 Å². The standard InChI is InChI=1S/C23H24.2C22H34.2C16H24.2C16H18.C15H21F3/c1-17-10-8-13-19(16-17)21-15-9-14-20(22(21)23(2,3)4)18-11-6-5-7-12-18;2*1-22(2,3)21-19(17-11-6-4-7-12-17)15-10-16-20(21)18-13-8-5-9-14-18;4*1-16(2,3)15-12-8-7-11-14(15)13-9-5-4-6-10-13;1-13(2,3)12-9-7-6-8-11(12)10-14(4,5)15(16,17)18/h5-16H,1-4H3;2*10,15-18H,4-9,11-14H2,1-3H3;2*7-8,11-13H,4-6,9-10H2,1-3H3;2*4-12H,1-3H3;6-9H,10H2,1-5H3/i5D,6D,7D,8D,10D,11D,12D,13D,16D;17D,18D;;13D;;4D,5D,6D,9D,10D;;10D2. The Morgan fingerprint density at radius 1 is 0.235 bits per heavy atom. The van der Waals surface area contributed by atoms with Crippen LogP contribution in [0.1, 0.15) is 523 Å². The summed E-state index contributed by atoms with van der Waals surface area (Å²) in [4.78, 5) is 0. The third-order valence-corrected chi connectivity index (χ3v) is 30.7. The highest BCUT2D eigenvalue weighted by Gasteiger charge is 2.48. The molecule has 6 aliphatic rings. The molecule has 6 saturated carbocycles. The lowest BCUT2D eigenvalue weighted by atomic mass is 9.70. The molecule has 802 valence electrons. The first-order valence-corrected chi connectivity index (χ1v) is 56.8. The minimum absolute atomic E-state index is 0.0110. The summed E-state index contributed by atoms with van der Waals surface area (Å²) in [5.74, 6) is 1.26. The summed E-state index contributed by atoms with van der Waals surface area (Å²) in [7, 11) is 0. The lowest BCUT2D eigenvalue weighted by Crippen LogP contribution is -2.34. The minimum atomic E-state index is -4.62. The zero-order valence-electron chi connectivity index (χ0n) is 116. The quantitative estimate of drug-likeness (QED) is 0.114. The summed E-state index contributed by atoms with van der Waals surface area (Å²) in [6, 6.07) is 65.8. The van der Waals surface area contributed by atoms with Gasteiger partial charge in [-0.3, -0.25) is 0 Å². The minimum Gasteiger partial charge on any atom is -0.171 e. The van der Waals surface area contributed by atoms with Gasteiger partial charge >= 0.3 is 6.18 Å². The van der Waals surface area contributed by atoms with E-state index in [4.69, 9.17) is 23.3 Å². The van der Waals surface area contributed by atoms with E-state index in [0.717, 1.165) is 75.7 Å². The normalized spacial score (nSPS) is 18.9. The fourth-order valence-corrected chi connectivity index (χ4v) is 23.2. The molecule has 0 nitrogen and oxygen atoms in total. The van der Waals surface area contributed by atoms with Crippen molar-refractivity contribution in [2.24, 2.45) is 5.41 Å². The SMILES string of the molecule is CC(C)(C)c1c(C2CCCCC2)cccc1C1CCCCC1.CC(C)(C)c1ccccc1-c1ccccc1.CC(C)(C)c1ccccc1C1CCCCC1.[2H]C([2H])(c1ccccc1C(C)(C)C)C(C)(C)C(F)(F)F.[2H]C1(c2cccc(C3([2H])CCCCC3)c2C(C)(C)C)CCCCC1.[2H]C1(c2ccccc2C(C)(C)C)CCCCC1.[2H]c1c([2H])c([2H])c(-c2cccc(-c3c([2H])c([2H])c([2H])c(C)c3[2H])c2C(C)(C)C)c([2H])c1[2H].[2H]c1c([2H])c([2H])c(-c2ccccc2C(C)(C)C)c([2H])c1[2H]. The maximum absolute atomic E-state index is 13.2. The zero-order chi connectivity index (χ0) is 125. The number of benzene rings is 12. The van der Waals surface area contributed by atoms with Gasteiger partial charge in [-0.25, -0.2) is 0 Å². The van der Waals surface area contributed by atoms with Crippen molar-refractivity contribution in [3.8, 4) is 44.5 Å². The van der Waals surface area contributed by atoms with E-state index in [0.29, 0.717) is 27.8 Å². The fourth-order valence-electron chi connectivity index (χ4n) is 23.2. The fraction of sp³-hybridized carbons (Fsp3) is 0.507. The molecule has 0 spiro atoms. The average Bonchev–Trinajstić information content (AvgIpc) is 0.744. The van der Waals surface area contributed by atoms with E-state index in [1.807, 2.05) is 86.6 Å². The second-order valence-corrected chi connectivity index (χ2v) is 51.6. The van der Waals surface area contributed by atoms with E-state index in [1.165, 1.54) is 205 Å². The summed E-state index contributed by atoms with van der Waals surface area (Å²) in [6.45, 7) is 55.4. The van der Waals surface area contributed by atoms with Gasteiger partial charge < -0.3 is 0 Å². The molecule has 6 fully saturated rings. The lowest BCUT2D eigenvalue weighted by molar-refractivity contribution is -0.211. The average molecular weight is 2030 g/mol. The van der Waals surface area contributed by atoms with E-state index in [2.05, 4.69) is 243 Å². The first kappa shape index (κ1) is 94.2. The molecule has 6 aliphatic carbocycles. The predicted octanol–water partition coefficient (Wildman–Crippen LogP) is 45.3. The van der Waals surface area contributed by atoms with Crippen LogP contribution in [0.15, 0.2) is 291 Å². The van der Waals surface area contributed by atoms with Crippen LogP contribution >= 0.6 is 0 Å². The van der Waals surface area contributed by atoms with E-state index >= 15 is 0 Å². The van der Waals surface area contributed by atoms with Gasteiger partial charge in [0.1, 0.15) is 0 Å². The van der Waals surface area contributed by atoms with Gasteiger partial charge in [-0.05, 0) is 297 Å². The molecule has 0 aliphatic heterocycles. The molecule has 0 N–H and O–H groups in total. The maximum atomic E-state index is 13.2. The number of alkyl halides is 3. The van der Waals surface area contributed by atoms with E-state index in [1.54, 1.807) is 71.1 Å². The first-order chi connectivity index (χ1) is 78.0. The maximum Gasteiger partial charge on any atom is 0.394 e. The molecule has 0 bridgehead atoms. The third-order valence-electron chi connectivity index (χ3n) is 30.7. The Kier molecular flexibility index (Phi) is 34.3. The molecule has 149 heavy (non-hydrogen) atoms. The Morgan fingerprint density at radius 2 is 0.510 bits per heavy atom. The second-order valence-electron chi connectivity index (χ2n) is 51.6. The van der Waals surface area contributed by atoms with Crippen LogP contribution < -0.4 is 0 Å². The van der Waals surface area contributed by atoms with Gasteiger partial charge in [-0.2, -0.15) is 13.2 Å². The Labute approximate surface area is 934 Å². The molecule has 0 heterocycles. The summed E-state index contributed by atoms with van der Waals surface area (Å²) >= 11 is 0. The molecule has 3 heteroatoms. The summed E-state index contributed by atoms with van der Waals surface area (Å²) in [6.07, 6.45) is 31.1. The largest absolute Gasteiger partial charge is 0.394 e. The number of halogens is 3. The number of hydrogen-bond acceptors (Lipinski definition) is 0. The van der Waals surface area contributed by atoms with Crippen LogP contribution in [0.4, 0.5) is 13.2 Å². The van der Waals surface area contributed by atoms with Gasteiger partial charge in [-0.1, -0.05) is 592 Å². The highest BCUT2D eigenvalue weighted by Crippen LogP contribution is 2.51. The van der Waals surface area contributed by atoms with Crippen molar-refractivity contribution in [3.63, 3.8) is 0 Å². The molecule has 0 amide bonds. The van der Waals surface area contributed by atoms with Crippen LogP contribution in [0.25, 0.3) is 44.5 Å². The van der Waals surface area contributed by atoms with E-state index in [-0.39, 0.29) is 133 Å². The van der Waals surface area contributed by atoms with Crippen LogP contribution in [0.2, 0.25) is 0 Å². The molecule has 0 radical (unpaired) electrons. The van der Waals surface area contributed by atoms with Gasteiger partial charge in [0.15, 0.2) is 0 Å². The zero-order valence-corrected chi connectivity index (χ0v) is 96.7. The van der Waals surface area contributed by atoms with Crippen molar-refractivity contribution < 1.29 is 39.2 Å². The van der Waals surface area contributed by atoms with E-state index < -0.39 is 58.7 Å². The Balaban J connectivity index is 0.000000181. The smallest absolute Gasteiger partial charge is 0.171 e. The van der Waals surface area contributed by atoms with Gasteiger partial charge in [0.2, 0.25) is 0 Å². The molecule has 0 atom stereocenters. The second kappa shape index (κ2) is 54.3. The van der Waals surface area contributed by atoms with Gasteiger partial charge in [0, 0.05) is 6.85 Å².